The maximum absolute atomic E-state index is 12.9. The van der Waals surface area contributed by atoms with Crippen LogP contribution >= 0.6 is 27.5 Å². The zero-order valence-electron chi connectivity index (χ0n) is 11.1. The lowest BCUT2D eigenvalue weighted by molar-refractivity contribution is -0.141. The topological polar surface area (TPSA) is 38.3 Å². The molecule has 1 atom stereocenters. The largest absolute Gasteiger partial charge is 0.467 e. The number of benzene rings is 2. The molecule has 2 aromatic carbocycles. The van der Waals surface area contributed by atoms with Gasteiger partial charge in [-0.15, -0.1) is 0 Å². The number of hydrogen-bond acceptors (Lipinski definition) is 3. The molecule has 0 aliphatic carbocycles. The maximum atomic E-state index is 12.9. The second-order valence-corrected chi connectivity index (χ2v) is 5.60. The third kappa shape index (κ3) is 3.95. The van der Waals surface area contributed by atoms with Crippen molar-refractivity contribution in [3.63, 3.8) is 0 Å². The quantitative estimate of drug-likeness (QED) is 0.799. The van der Waals surface area contributed by atoms with Crippen LogP contribution in [-0.2, 0) is 9.53 Å². The molecule has 2 aromatic rings. The molecule has 0 saturated heterocycles. The highest BCUT2D eigenvalue weighted by Gasteiger charge is 2.24. The second-order valence-electron chi connectivity index (χ2n) is 4.27. The predicted octanol–water partition coefficient (Wildman–Crippen LogP) is 4.57. The highest BCUT2D eigenvalue weighted by atomic mass is 79.9. The number of carbonyl (C=O) groups is 1. The van der Waals surface area contributed by atoms with Crippen LogP contribution < -0.4 is 5.32 Å². The second kappa shape index (κ2) is 6.91. The number of carbonyl (C=O) groups excluding carboxylic acids is 1. The van der Waals surface area contributed by atoms with E-state index in [-0.39, 0.29) is 5.82 Å². The molecule has 6 heteroatoms. The third-order valence-electron chi connectivity index (χ3n) is 2.86. The minimum Gasteiger partial charge on any atom is -0.467 e. The van der Waals surface area contributed by atoms with Gasteiger partial charge in [0.15, 0.2) is 6.04 Å². The van der Waals surface area contributed by atoms with Gasteiger partial charge in [-0.2, -0.15) is 0 Å². The first-order chi connectivity index (χ1) is 10.0. The number of ether oxygens (including phenoxy) is 1. The molecule has 0 radical (unpaired) electrons. The van der Waals surface area contributed by atoms with Crippen LogP contribution in [-0.4, -0.2) is 13.1 Å². The predicted molar refractivity (Wildman–Crippen MR) is 83.9 cm³/mol. The van der Waals surface area contributed by atoms with Crippen molar-refractivity contribution in [2.75, 3.05) is 12.4 Å². The van der Waals surface area contributed by atoms with E-state index in [0.717, 1.165) is 4.47 Å². The molecule has 0 saturated carbocycles. The van der Waals surface area contributed by atoms with Gasteiger partial charge in [-0.1, -0.05) is 27.5 Å². The summed E-state index contributed by atoms with van der Waals surface area (Å²) in [6, 6.07) is 10.1. The Morgan fingerprint density at radius 2 is 1.95 bits per heavy atom. The van der Waals surface area contributed by atoms with Crippen LogP contribution in [0, 0.1) is 5.82 Å². The Morgan fingerprint density at radius 3 is 2.57 bits per heavy atom. The number of methoxy groups -OCH3 is 1. The van der Waals surface area contributed by atoms with Crippen molar-refractivity contribution in [3.05, 3.63) is 63.3 Å². The van der Waals surface area contributed by atoms with Crippen molar-refractivity contribution in [1.29, 1.82) is 0 Å². The summed E-state index contributed by atoms with van der Waals surface area (Å²) in [5, 5.41) is 3.43. The van der Waals surface area contributed by atoms with Crippen LogP contribution in [0.4, 0.5) is 10.1 Å². The molecule has 2 rings (SSSR count). The van der Waals surface area contributed by atoms with E-state index in [9.17, 15) is 9.18 Å². The van der Waals surface area contributed by atoms with Gasteiger partial charge in [0.1, 0.15) is 5.82 Å². The van der Waals surface area contributed by atoms with Crippen molar-refractivity contribution >= 4 is 39.2 Å². The van der Waals surface area contributed by atoms with E-state index in [2.05, 4.69) is 21.2 Å². The molecule has 0 aromatic heterocycles. The molecule has 0 bridgehead atoms. The number of esters is 1. The zero-order chi connectivity index (χ0) is 15.4. The molecule has 0 amide bonds. The van der Waals surface area contributed by atoms with Gasteiger partial charge >= 0.3 is 5.97 Å². The van der Waals surface area contributed by atoms with Gasteiger partial charge in [0.25, 0.3) is 0 Å². The van der Waals surface area contributed by atoms with E-state index in [1.807, 2.05) is 0 Å². The monoisotopic (exact) mass is 371 g/mol. The van der Waals surface area contributed by atoms with E-state index < -0.39 is 12.0 Å². The first-order valence-corrected chi connectivity index (χ1v) is 7.23. The summed E-state index contributed by atoms with van der Waals surface area (Å²) in [7, 11) is 1.30. The summed E-state index contributed by atoms with van der Waals surface area (Å²) in [6.07, 6.45) is 0. The lowest BCUT2D eigenvalue weighted by Crippen LogP contribution is -2.22. The number of halogens is 3. The summed E-state index contributed by atoms with van der Waals surface area (Å²) >= 11 is 9.50. The Morgan fingerprint density at radius 1 is 1.29 bits per heavy atom. The summed E-state index contributed by atoms with van der Waals surface area (Å²) in [4.78, 5) is 12.0. The van der Waals surface area contributed by atoms with Crippen LogP contribution in [0.1, 0.15) is 11.6 Å². The van der Waals surface area contributed by atoms with Crippen LogP contribution in [0.3, 0.4) is 0 Å². The van der Waals surface area contributed by atoms with Gasteiger partial charge in [-0.3, -0.25) is 0 Å². The number of hydrogen-bond donors (Lipinski definition) is 1. The van der Waals surface area contributed by atoms with E-state index in [1.54, 1.807) is 18.2 Å². The van der Waals surface area contributed by atoms with Crippen molar-refractivity contribution in [2.24, 2.45) is 0 Å². The SMILES string of the molecule is COC(=O)C(Nc1ccc(F)cc1)c1cc(Br)ccc1Cl. The highest BCUT2D eigenvalue weighted by Crippen LogP contribution is 2.30. The fraction of sp³-hybridized carbons (Fsp3) is 0.133. The molecule has 110 valence electrons. The lowest BCUT2D eigenvalue weighted by atomic mass is 10.1. The molecule has 1 N–H and O–H groups in total. The van der Waals surface area contributed by atoms with E-state index >= 15 is 0 Å². The Balaban J connectivity index is 2.36. The number of nitrogens with one attached hydrogen (secondary N) is 1. The van der Waals surface area contributed by atoms with Gasteiger partial charge in [0.2, 0.25) is 0 Å². The average Bonchev–Trinajstić information content (AvgIpc) is 2.48. The Kier molecular flexibility index (Phi) is 5.20. The van der Waals surface area contributed by atoms with Gasteiger partial charge in [-0.05, 0) is 42.5 Å². The van der Waals surface area contributed by atoms with Gasteiger partial charge in [-0.25, -0.2) is 9.18 Å². The molecule has 0 aliphatic heterocycles. The minimum absolute atomic E-state index is 0.351. The van der Waals surface area contributed by atoms with Crippen LogP contribution in [0.15, 0.2) is 46.9 Å². The molecule has 3 nitrogen and oxygen atoms in total. The summed E-state index contributed by atoms with van der Waals surface area (Å²) in [5.41, 5.74) is 1.16. The molecule has 0 fully saturated rings. The zero-order valence-corrected chi connectivity index (χ0v) is 13.4. The maximum Gasteiger partial charge on any atom is 0.333 e. The van der Waals surface area contributed by atoms with Crippen LogP contribution in [0.2, 0.25) is 5.02 Å². The smallest absolute Gasteiger partial charge is 0.333 e. The van der Waals surface area contributed by atoms with Crippen molar-refractivity contribution in [3.8, 4) is 0 Å². The molecule has 21 heavy (non-hydrogen) atoms. The first-order valence-electron chi connectivity index (χ1n) is 6.06. The first kappa shape index (κ1) is 15.8. The highest BCUT2D eigenvalue weighted by molar-refractivity contribution is 9.10. The Hall–Kier alpha value is -1.59. The standard InChI is InChI=1S/C15H12BrClFNO2/c1-21-15(20)14(12-8-9(16)2-7-13(12)17)19-11-5-3-10(18)4-6-11/h2-8,14,19H,1H3. The normalized spacial score (nSPS) is 11.8. The van der Waals surface area contributed by atoms with E-state index in [1.165, 1.54) is 31.4 Å². The molecule has 0 heterocycles. The molecule has 1 unspecified atom stereocenters. The molecular formula is C15H12BrClFNO2. The molecule has 0 spiro atoms. The Bertz CT molecular complexity index is 649. The number of anilines is 1. The van der Waals surface area contributed by atoms with Crippen molar-refractivity contribution in [2.45, 2.75) is 6.04 Å². The van der Waals surface area contributed by atoms with E-state index in [0.29, 0.717) is 16.3 Å². The van der Waals surface area contributed by atoms with Gasteiger partial charge in [0, 0.05) is 20.7 Å². The summed E-state index contributed by atoms with van der Waals surface area (Å²) in [5.74, 6) is -0.838. The number of rotatable bonds is 4. The van der Waals surface area contributed by atoms with Crippen molar-refractivity contribution < 1.29 is 13.9 Å². The Labute approximate surface area is 135 Å². The van der Waals surface area contributed by atoms with Crippen molar-refractivity contribution in [1.82, 2.24) is 0 Å². The van der Waals surface area contributed by atoms with Crippen LogP contribution in [0.5, 0.6) is 0 Å². The molecular weight excluding hydrogens is 361 g/mol. The van der Waals surface area contributed by atoms with Crippen LogP contribution in [0.25, 0.3) is 0 Å². The summed E-state index contributed by atoms with van der Waals surface area (Å²) in [6.45, 7) is 0. The summed E-state index contributed by atoms with van der Waals surface area (Å²) < 4.78 is 18.5. The third-order valence-corrected chi connectivity index (χ3v) is 3.70. The van der Waals surface area contributed by atoms with Gasteiger partial charge < -0.3 is 10.1 Å². The minimum atomic E-state index is -0.787. The lowest BCUT2D eigenvalue weighted by Gasteiger charge is -2.19. The van der Waals surface area contributed by atoms with E-state index in [4.69, 9.17) is 16.3 Å². The average molecular weight is 373 g/mol. The fourth-order valence-corrected chi connectivity index (χ4v) is 2.44. The fourth-order valence-electron chi connectivity index (χ4n) is 1.83. The van der Waals surface area contributed by atoms with Gasteiger partial charge in [0.05, 0.1) is 7.11 Å². The molecule has 0 aliphatic rings.